The molecule has 0 saturated carbocycles. The highest BCUT2D eigenvalue weighted by molar-refractivity contribution is 5.30. The third-order valence-electron chi connectivity index (χ3n) is 4.46. The Kier molecular flexibility index (Phi) is 4.78. The first-order valence-electron chi connectivity index (χ1n) is 8.20. The molecule has 0 aliphatic carbocycles. The molecule has 1 aromatic carbocycles. The number of hydrogen-bond acceptors (Lipinski definition) is 3. The zero-order valence-electron chi connectivity index (χ0n) is 13.5. The molecule has 0 radical (unpaired) electrons. The molecule has 2 aromatic rings. The number of aromatic nitrogens is 2. The Morgan fingerprint density at radius 3 is 2.59 bits per heavy atom. The lowest BCUT2D eigenvalue weighted by Gasteiger charge is -2.23. The van der Waals surface area contributed by atoms with Crippen LogP contribution >= 0.6 is 0 Å². The molecule has 2 heterocycles. The van der Waals surface area contributed by atoms with Gasteiger partial charge in [-0.05, 0) is 56.6 Å². The minimum Gasteiger partial charge on any atom is -0.497 e. The second-order valence-corrected chi connectivity index (χ2v) is 5.93. The van der Waals surface area contributed by atoms with Crippen LogP contribution in [0.25, 0.3) is 0 Å². The van der Waals surface area contributed by atoms with Gasteiger partial charge in [0.25, 0.3) is 0 Å². The first-order valence-corrected chi connectivity index (χ1v) is 8.20. The van der Waals surface area contributed by atoms with Gasteiger partial charge in [0.15, 0.2) is 0 Å². The molecular formula is C18H25N3O. The van der Waals surface area contributed by atoms with E-state index < -0.39 is 0 Å². The largest absolute Gasteiger partial charge is 0.497 e. The molecular weight excluding hydrogens is 274 g/mol. The molecule has 1 fully saturated rings. The number of ether oxygens (including phenoxy) is 1. The fourth-order valence-corrected chi connectivity index (χ4v) is 3.23. The molecule has 1 aliphatic heterocycles. The van der Waals surface area contributed by atoms with Crippen molar-refractivity contribution in [2.24, 2.45) is 0 Å². The average Bonchev–Trinajstić information content (AvgIpc) is 2.99. The van der Waals surface area contributed by atoms with Gasteiger partial charge in [-0.2, -0.15) is 5.10 Å². The van der Waals surface area contributed by atoms with E-state index in [0.29, 0.717) is 5.92 Å². The van der Waals surface area contributed by atoms with Gasteiger partial charge in [0.2, 0.25) is 0 Å². The van der Waals surface area contributed by atoms with E-state index >= 15 is 0 Å². The fourth-order valence-electron chi connectivity index (χ4n) is 3.23. The summed E-state index contributed by atoms with van der Waals surface area (Å²) in [6, 6.07) is 10.6. The number of rotatable bonds is 5. The number of hydrogen-bond donors (Lipinski definition) is 1. The summed E-state index contributed by atoms with van der Waals surface area (Å²) in [5.74, 6) is 1.55. The summed E-state index contributed by atoms with van der Waals surface area (Å²) in [4.78, 5) is 0. The molecule has 0 unspecified atom stereocenters. The molecule has 1 N–H and O–H groups in total. The summed E-state index contributed by atoms with van der Waals surface area (Å²) < 4.78 is 7.40. The van der Waals surface area contributed by atoms with Crippen LogP contribution in [0.1, 0.15) is 42.6 Å². The molecule has 0 amide bonds. The van der Waals surface area contributed by atoms with Crippen molar-refractivity contribution >= 4 is 0 Å². The van der Waals surface area contributed by atoms with Crippen LogP contribution in [-0.4, -0.2) is 30.0 Å². The predicted molar refractivity (Wildman–Crippen MR) is 88.5 cm³/mol. The van der Waals surface area contributed by atoms with Gasteiger partial charge in [0.1, 0.15) is 5.75 Å². The smallest absolute Gasteiger partial charge is 0.118 e. The highest BCUT2D eigenvalue weighted by Gasteiger charge is 2.20. The molecule has 0 spiro atoms. The van der Waals surface area contributed by atoms with Gasteiger partial charge in [0, 0.05) is 24.6 Å². The number of nitrogens with one attached hydrogen (secondary N) is 1. The lowest BCUT2D eigenvalue weighted by molar-refractivity contribution is 0.414. The van der Waals surface area contributed by atoms with Crippen molar-refractivity contribution in [2.75, 3.05) is 20.2 Å². The number of piperidine rings is 1. The maximum atomic E-state index is 5.21. The van der Waals surface area contributed by atoms with Gasteiger partial charge >= 0.3 is 0 Å². The van der Waals surface area contributed by atoms with Crippen LogP contribution in [0.2, 0.25) is 0 Å². The SMILES string of the molecule is CCn1nc(Cc2ccc(OC)cc2)cc1C1CCNCC1. The van der Waals surface area contributed by atoms with E-state index in [4.69, 9.17) is 9.84 Å². The summed E-state index contributed by atoms with van der Waals surface area (Å²) in [7, 11) is 1.70. The van der Waals surface area contributed by atoms with E-state index in [1.54, 1.807) is 7.11 Å². The minimum absolute atomic E-state index is 0.651. The van der Waals surface area contributed by atoms with E-state index in [0.717, 1.165) is 31.8 Å². The van der Waals surface area contributed by atoms with Gasteiger partial charge in [-0.1, -0.05) is 12.1 Å². The molecule has 1 saturated heterocycles. The van der Waals surface area contributed by atoms with Gasteiger partial charge in [-0.3, -0.25) is 4.68 Å². The zero-order chi connectivity index (χ0) is 15.4. The Bertz CT molecular complexity index is 597. The minimum atomic E-state index is 0.651. The summed E-state index contributed by atoms with van der Waals surface area (Å²) in [6.07, 6.45) is 3.32. The monoisotopic (exact) mass is 299 g/mol. The first kappa shape index (κ1) is 15.1. The summed E-state index contributed by atoms with van der Waals surface area (Å²) in [6.45, 7) is 5.36. The van der Waals surface area contributed by atoms with Crippen molar-refractivity contribution in [2.45, 2.75) is 38.6 Å². The zero-order valence-corrected chi connectivity index (χ0v) is 13.5. The van der Waals surface area contributed by atoms with Gasteiger partial charge < -0.3 is 10.1 Å². The van der Waals surface area contributed by atoms with Crippen LogP contribution < -0.4 is 10.1 Å². The highest BCUT2D eigenvalue weighted by Crippen LogP contribution is 2.26. The lowest BCUT2D eigenvalue weighted by atomic mass is 9.94. The van der Waals surface area contributed by atoms with E-state index in [1.165, 1.54) is 29.8 Å². The van der Waals surface area contributed by atoms with Crippen LogP contribution in [0.15, 0.2) is 30.3 Å². The van der Waals surface area contributed by atoms with Crippen LogP contribution in [0.5, 0.6) is 5.75 Å². The van der Waals surface area contributed by atoms with E-state index in [-0.39, 0.29) is 0 Å². The Hall–Kier alpha value is -1.81. The highest BCUT2D eigenvalue weighted by atomic mass is 16.5. The standard InChI is InChI=1S/C18H25N3O/c1-3-21-18(15-8-10-19-11-9-15)13-16(20-21)12-14-4-6-17(22-2)7-5-14/h4-7,13,15,19H,3,8-12H2,1-2H3. The number of aryl methyl sites for hydroxylation is 1. The predicted octanol–water partition coefficient (Wildman–Crippen LogP) is 2.97. The Labute approximate surface area is 132 Å². The van der Waals surface area contributed by atoms with Crippen LogP contribution in [0, 0.1) is 0 Å². The van der Waals surface area contributed by atoms with Crippen molar-refractivity contribution < 1.29 is 4.74 Å². The van der Waals surface area contributed by atoms with Crippen molar-refractivity contribution in [3.63, 3.8) is 0 Å². The Morgan fingerprint density at radius 2 is 1.95 bits per heavy atom. The van der Waals surface area contributed by atoms with Crippen molar-refractivity contribution in [3.8, 4) is 5.75 Å². The lowest BCUT2D eigenvalue weighted by Crippen LogP contribution is -2.27. The maximum absolute atomic E-state index is 5.21. The number of nitrogens with zero attached hydrogens (tertiary/aromatic N) is 2. The molecule has 0 bridgehead atoms. The Balaban J connectivity index is 1.77. The summed E-state index contributed by atoms with van der Waals surface area (Å²) in [5.41, 5.74) is 3.85. The van der Waals surface area contributed by atoms with Crippen LogP contribution in [0.3, 0.4) is 0 Å². The average molecular weight is 299 g/mol. The van der Waals surface area contributed by atoms with Gasteiger partial charge in [-0.25, -0.2) is 0 Å². The summed E-state index contributed by atoms with van der Waals surface area (Å²) >= 11 is 0. The normalized spacial score (nSPS) is 15.9. The molecule has 4 heteroatoms. The second-order valence-electron chi connectivity index (χ2n) is 5.93. The molecule has 0 atom stereocenters. The number of methoxy groups -OCH3 is 1. The van der Waals surface area contributed by atoms with Gasteiger partial charge in [-0.15, -0.1) is 0 Å². The topological polar surface area (TPSA) is 39.1 Å². The maximum Gasteiger partial charge on any atom is 0.118 e. The molecule has 1 aliphatic rings. The first-order chi connectivity index (χ1) is 10.8. The third-order valence-corrected chi connectivity index (χ3v) is 4.46. The van der Waals surface area contributed by atoms with E-state index in [2.05, 4.69) is 35.1 Å². The third kappa shape index (κ3) is 3.33. The van der Waals surface area contributed by atoms with Crippen molar-refractivity contribution in [1.29, 1.82) is 0 Å². The van der Waals surface area contributed by atoms with E-state index in [1.807, 2.05) is 12.1 Å². The van der Waals surface area contributed by atoms with Crippen molar-refractivity contribution in [3.05, 3.63) is 47.3 Å². The molecule has 3 rings (SSSR count). The second kappa shape index (κ2) is 6.97. The van der Waals surface area contributed by atoms with Gasteiger partial charge in [0.05, 0.1) is 12.8 Å². The van der Waals surface area contributed by atoms with E-state index in [9.17, 15) is 0 Å². The van der Waals surface area contributed by atoms with Crippen LogP contribution in [-0.2, 0) is 13.0 Å². The van der Waals surface area contributed by atoms with Crippen molar-refractivity contribution in [1.82, 2.24) is 15.1 Å². The molecule has 4 nitrogen and oxygen atoms in total. The molecule has 118 valence electrons. The van der Waals surface area contributed by atoms with Crippen LogP contribution in [0.4, 0.5) is 0 Å². The number of benzene rings is 1. The quantitative estimate of drug-likeness (QED) is 0.922. The molecule has 1 aromatic heterocycles. The fraction of sp³-hybridized carbons (Fsp3) is 0.500. The Morgan fingerprint density at radius 1 is 1.23 bits per heavy atom. The summed E-state index contributed by atoms with van der Waals surface area (Å²) in [5, 5.41) is 8.24. The molecule has 22 heavy (non-hydrogen) atoms.